The highest BCUT2D eigenvalue weighted by Gasteiger charge is 2.08. The highest BCUT2D eigenvalue weighted by Crippen LogP contribution is 2.09. The van der Waals surface area contributed by atoms with Gasteiger partial charge in [0.1, 0.15) is 0 Å². The fourth-order valence-electron chi connectivity index (χ4n) is 0.547. The standard InChI is InChI=1S/C5H6Cl2N2/c1-3-2-4(6)8-9-5(3)7/h2,8-9H,1H3/p+1. The average molecular weight is 166 g/mol. The summed E-state index contributed by atoms with van der Waals surface area (Å²) in [6.07, 6.45) is 1.78. The number of nitrogens with one attached hydrogen (secondary N) is 1. The van der Waals surface area contributed by atoms with E-state index in [0.717, 1.165) is 5.57 Å². The summed E-state index contributed by atoms with van der Waals surface area (Å²) < 4.78 is 0. The Kier molecular flexibility index (Phi) is 2.01. The Hall–Kier alpha value is -0.180. The van der Waals surface area contributed by atoms with Gasteiger partial charge in [0.15, 0.2) is 5.16 Å². The van der Waals surface area contributed by atoms with E-state index in [0.29, 0.717) is 10.3 Å². The van der Waals surface area contributed by atoms with Gasteiger partial charge in [-0.3, -0.25) is 0 Å². The van der Waals surface area contributed by atoms with Crippen molar-refractivity contribution in [3.05, 3.63) is 22.0 Å². The zero-order chi connectivity index (χ0) is 6.85. The van der Waals surface area contributed by atoms with E-state index < -0.39 is 0 Å². The van der Waals surface area contributed by atoms with Gasteiger partial charge in [-0.1, -0.05) is 11.6 Å². The third-order valence-corrected chi connectivity index (χ3v) is 1.68. The number of hydrogen-bond donors (Lipinski definition) is 2. The SMILES string of the molecule is CC1=C(Cl)[NH2+]NC(Cl)=C1. The Morgan fingerprint density at radius 3 is 2.67 bits per heavy atom. The molecule has 0 aliphatic carbocycles. The molecule has 0 radical (unpaired) electrons. The quantitative estimate of drug-likeness (QED) is 0.400. The molecule has 0 spiro atoms. The first kappa shape index (κ1) is 6.93. The summed E-state index contributed by atoms with van der Waals surface area (Å²) in [5.41, 5.74) is 5.43. The highest BCUT2D eigenvalue weighted by atomic mass is 35.5. The third kappa shape index (κ3) is 1.61. The lowest BCUT2D eigenvalue weighted by Gasteiger charge is -2.07. The molecule has 0 saturated carbocycles. The summed E-state index contributed by atoms with van der Waals surface area (Å²) in [5, 5.41) is 1.32. The topological polar surface area (TPSA) is 28.6 Å². The average Bonchev–Trinajstić information content (AvgIpc) is 1.80. The number of quaternary nitrogens is 1. The smallest absolute Gasteiger partial charge is 0.223 e. The zero-order valence-electron chi connectivity index (χ0n) is 4.91. The van der Waals surface area contributed by atoms with Gasteiger partial charge in [-0.05, 0) is 24.6 Å². The van der Waals surface area contributed by atoms with Crippen molar-refractivity contribution in [2.45, 2.75) is 6.92 Å². The van der Waals surface area contributed by atoms with Gasteiger partial charge in [0, 0.05) is 5.57 Å². The second kappa shape index (κ2) is 2.60. The van der Waals surface area contributed by atoms with E-state index in [4.69, 9.17) is 23.2 Å². The van der Waals surface area contributed by atoms with Gasteiger partial charge in [0.25, 0.3) is 0 Å². The molecule has 0 aromatic rings. The van der Waals surface area contributed by atoms with Crippen LogP contribution in [0.4, 0.5) is 0 Å². The fraction of sp³-hybridized carbons (Fsp3) is 0.200. The summed E-state index contributed by atoms with van der Waals surface area (Å²) in [4.78, 5) is 0. The zero-order valence-corrected chi connectivity index (χ0v) is 6.42. The van der Waals surface area contributed by atoms with Crippen molar-refractivity contribution in [1.29, 1.82) is 0 Å². The van der Waals surface area contributed by atoms with E-state index in [2.05, 4.69) is 5.43 Å². The lowest BCUT2D eigenvalue weighted by molar-refractivity contribution is -0.650. The minimum absolute atomic E-state index is 0.608. The predicted molar refractivity (Wildman–Crippen MR) is 37.6 cm³/mol. The summed E-state index contributed by atoms with van der Waals surface area (Å²) in [6, 6.07) is 0. The van der Waals surface area contributed by atoms with Crippen LogP contribution in [0, 0.1) is 0 Å². The van der Waals surface area contributed by atoms with Gasteiger partial charge in [-0.25, -0.2) is 10.9 Å². The van der Waals surface area contributed by atoms with E-state index >= 15 is 0 Å². The minimum atomic E-state index is 0.608. The number of halogens is 2. The molecule has 50 valence electrons. The van der Waals surface area contributed by atoms with Crippen LogP contribution in [0.25, 0.3) is 0 Å². The fourth-order valence-corrected chi connectivity index (χ4v) is 0.874. The maximum Gasteiger partial charge on any atom is 0.225 e. The van der Waals surface area contributed by atoms with Crippen LogP contribution in [-0.2, 0) is 0 Å². The molecule has 1 aliphatic heterocycles. The Balaban J connectivity index is 2.83. The van der Waals surface area contributed by atoms with Crippen LogP contribution in [0.5, 0.6) is 0 Å². The molecule has 3 N–H and O–H groups in total. The molecule has 2 nitrogen and oxygen atoms in total. The van der Waals surface area contributed by atoms with E-state index in [1.807, 2.05) is 6.92 Å². The molecule has 0 bridgehead atoms. The molecule has 9 heavy (non-hydrogen) atoms. The van der Waals surface area contributed by atoms with E-state index in [1.165, 1.54) is 0 Å². The Morgan fingerprint density at radius 1 is 1.56 bits per heavy atom. The van der Waals surface area contributed by atoms with Crippen molar-refractivity contribution < 1.29 is 5.43 Å². The van der Waals surface area contributed by atoms with Crippen LogP contribution in [0.3, 0.4) is 0 Å². The second-order valence-electron chi connectivity index (χ2n) is 1.81. The van der Waals surface area contributed by atoms with Crippen molar-refractivity contribution in [2.24, 2.45) is 0 Å². The van der Waals surface area contributed by atoms with Gasteiger partial charge < -0.3 is 0 Å². The van der Waals surface area contributed by atoms with Crippen molar-refractivity contribution in [3.63, 3.8) is 0 Å². The molecule has 0 saturated heterocycles. The van der Waals surface area contributed by atoms with E-state index in [9.17, 15) is 0 Å². The third-order valence-electron chi connectivity index (χ3n) is 1.06. The van der Waals surface area contributed by atoms with Gasteiger partial charge in [-0.15, -0.1) is 0 Å². The second-order valence-corrected chi connectivity index (χ2v) is 2.63. The molecular weight excluding hydrogens is 159 g/mol. The molecule has 0 atom stereocenters. The first-order chi connectivity index (χ1) is 4.20. The predicted octanol–water partition coefficient (Wildman–Crippen LogP) is 0.619. The lowest BCUT2D eigenvalue weighted by Crippen LogP contribution is -2.90. The van der Waals surface area contributed by atoms with Crippen molar-refractivity contribution in [1.82, 2.24) is 5.43 Å². The molecular formula is C5H7Cl2N2+. The molecule has 0 aromatic carbocycles. The number of rotatable bonds is 0. The first-order valence-electron chi connectivity index (χ1n) is 2.53. The van der Waals surface area contributed by atoms with Gasteiger partial charge >= 0.3 is 0 Å². The van der Waals surface area contributed by atoms with Crippen molar-refractivity contribution >= 4 is 23.2 Å². The summed E-state index contributed by atoms with van der Waals surface area (Å²) in [7, 11) is 0. The molecule has 0 aromatic heterocycles. The molecule has 4 heteroatoms. The minimum Gasteiger partial charge on any atom is -0.223 e. The molecule has 1 rings (SSSR count). The van der Waals surface area contributed by atoms with Gasteiger partial charge in [0.05, 0.1) is 0 Å². The molecule has 0 amide bonds. The number of nitrogens with two attached hydrogens (primary N) is 1. The molecule has 1 aliphatic rings. The van der Waals surface area contributed by atoms with E-state index in [-0.39, 0.29) is 0 Å². The first-order valence-corrected chi connectivity index (χ1v) is 3.29. The van der Waals surface area contributed by atoms with Crippen molar-refractivity contribution in [3.8, 4) is 0 Å². The van der Waals surface area contributed by atoms with Crippen molar-refractivity contribution in [2.75, 3.05) is 0 Å². The van der Waals surface area contributed by atoms with Gasteiger partial charge in [-0.2, -0.15) is 0 Å². The Morgan fingerprint density at radius 2 is 2.22 bits per heavy atom. The maximum absolute atomic E-state index is 5.69. The Labute approximate surface area is 63.5 Å². The summed E-state index contributed by atoms with van der Waals surface area (Å²) in [5.74, 6) is 0. The lowest BCUT2D eigenvalue weighted by atomic mass is 10.3. The molecule has 1 heterocycles. The van der Waals surface area contributed by atoms with Crippen LogP contribution < -0.4 is 10.9 Å². The van der Waals surface area contributed by atoms with Gasteiger partial charge in [0.2, 0.25) is 5.16 Å². The molecule has 0 fully saturated rings. The Bertz CT molecular complexity index is 183. The number of hydrogen-bond acceptors (Lipinski definition) is 1. The maximum atomic E-state index is 5.69. The van der Waals surface area contributed by atoms with Crippen LogP contribution in [0.1, 0.15) is 6.92 Å². The van der Waals surface area contributed by atoms with Crippen LogP contribution in [0.2, 0.25) is 0 Å². The summed E-state index contributed by atoms with van der Waals surface area (Å²) >= 11 is 11.3. The summed E-state index contributed by atoms with van der Waals surface area (Å²) in [6.45, 7) is 1.90. The van der Waals surface area contributed by atoms with Crippen LogP contribution in [0.15, 0.2) is 22.0 Å². The van der Waals surface area contributed by atoms with Crippen LogP contribution in [-0.4, -0.2) is 0 Å². The monoisotopic (exact) mass is 165 g/mol. The molecule has 0 unspecified atom stereocenters. The largest absolute Gasteiger partial charge is 0.225 e. The highest BCUT2D eigenvalue weighted by molar-refractivity contribution is 6.30. The number of allylic oxidation sites excluding steroid dienone is 2. The normalized spacial score (nSPS) is 19.2. The van der Waals surface area contributed by atoms with Crippen LogP contribution >= 0.6 is 23.2 Å². The van der Waals surface area contributed by atoms with E-state index in [1.54, 1.807) is 11.5 Å².